The minimum Gasteiger partial charge on any atom is -0.439 e. The summed E-state index contributed by atoms with van der Waals surface area (Å²) in [7, 11) is 0. The van der Waals surface area contributed by atoms with Crippen LogP contribution in [0.15, 0.2) is 69.2 Å². The van der Waals surface area contributed by atoms with Gasteiger partial charge in [-0.3, -0.25) is 0 Å². The number of para-hydroxylation sites is 1. The molecule has 0 aliphatic carbocycles. The van der Waals surface area contributed by atoms with Crippen LogP contribution in [0.25, 0.3) is 11.0 Å². The molecule has 6 nitrogen and oxygen atoms in total. The zero-order chi connectivity index (χ0) is 18.3. The van der Waals surface area contributed by atoms with E-state index < -0.39 is 11.5 Å². The van der Waals surface area contributed by atoms with Crippen LogP contribution < -0.4 is 16.1 Å². The summed E-state index contributed by atoms with van der Waals surface area (Å²) in [6.45, 7) is 0. The van der Waals surface area contributed by atoms with E-state index in [1.165, 1.54) is 0 Å². The molecule has 124 valence electrons. The molecule has 0 bridgehead atoms. The van der Waals surface area contributed by atoms with Crippen molar-refractivity contribution in [2.75, 3.05) is 0 Å². The Bertz CT molecular complexity index is 1210. The molecule has 4 rings (SSSR count). The SMILES string of the molecule is N#CC1=C(N)Oc2c(c(=O)oc3ccccc23)C1c1ccc(C#N)cc1. The van der Waals surface area contributed by atoms with Crippen LogP contribution in [0.2, 0.25) is 0 Å². The summed E-state index contributed by atoms with van der Waals surface area (Å²) < 4.78 is 11.1. The van der Waals surface area contributed by atoms with Crippen molar-refractivity contribution in [3.05, 3.63) is 87.1 Å². The van der Waals surface area contributed by atoms with Crippen molar-refractivity contribution in [1.29, 1.82) is 10.5 Å². The lowest BCUT2D eigenvalue weighted by molar-refractivity contribution is 0.388. The number of hydrogen-bond acceptors (Lipinski definition) is 6. The molecule has 2 heterocycles. The molecule has 2 aromatic carbocycles. The molecule has 1 aromatic heterocycles. The number of fused-ring (bicyclic) bond motifs is 3. The molecule has 0 saturated carbocycles. The summed E-state index contributed by atoms with van der Waals surface area (Å²) in [5, 5.41) is 19.2. The van der Waals surface area contributed by atoms with Crippen molar-refractivity contribution in [1.82, 2.24) is 0 Å². The van der Waals surface area contributed by atoms with E-state index in [1.807, 2.05) is 12.1 Å². The first kappa shape index (κ1) is 15.5. The molecule has 3 aromatic rings. The van der Waals surface area contributed by atoms with Crippen molar-refractivity contribution in [2.45, 2.75) is 5.92 Å². The highest BCUT2D eigenvalue weighted by atomic mass is 16.5. The van der Waals surface area contributed by atoms with Crippen molar-refractivity contribution in [3.8, 4) is 17.9 Å². The van der Waals surface area contributed by atoms with Crippen LogP contribution in [0.5, 0.6) is 5.75 Å². The van der Waals surface area contributed by atoms with Gasteiger partial charge in [0.1, 0.15) is 17.2 Å². The molecule has 0 radical (unpaired) electrons. The van der Waals surface area contributed by atoms with E-state index in [-0.39, 0.29) is 17.0 Å². The Labute approximate surface area is 148 Å². The zero-order valence-corrected chi connectivity index (χ0v) is 13.4. The molecule has 0 saturated heterocycles. The van der Waals surface area contributed by atoms with Crippen molar-refractivity contribution in [3.63, 3.8) is 0 Å². The van der Waals surface area contributed by atoms with Gasteiger partial charge in [-0.15, -0.1) is 0 Å². The van der Waals surface area contributed by atoms with Gasteiger partial charge in [0, 0.05) is 0 Å². The number of ether oxygens (including phenoxy) is 1. The van der Waals surface area contributed by atoms with Gasteiger partial charge in [0.15, 0.2) is 5.75 Å². The molecular weight excluding hydrogens is 330 g/mol. The van der Waals surface area contributed by atoms with Crippen molar-refractivity contribution < 1.29 is 9.15 Å². The molecule has 0 spiro atoms. The number of nitriles is 2. The van der Waals surface area contributed by atoms with Crippen LogP contribution in [0, 0.1) is 22.7 Å². The second-order valence-electron chi connectivity index (χ2n) is 5.79. The third kappa shape index (κ3) is 2.21. The Balaban J connectivity index is 2.05. The Morgan fingerprint density at radius 3 is 2.42 bits per heavy atom. The fourth-order valence-electron chi connectivity index (χ4n) is 3.15. The molecule has 1 atom stereocenters. The lowest BCUT2D eigenvalue weighted by atomic mass is 9.83. The van der Waals surface area contributed by atoms with E-state index in [2.05, 4.69) is 0 Å². The average molecular weight is 341 g/mol. The smallest absolute Gasteiger partial charge is 0.344 e. The average Bonchev–Trinajstić information content (AvgIpc) is 2.67. The van der Waals surface area contributed by atoms with Crippen LogP contribution in [0.3, 0.4) is 0 Å². The van der Waals surface area contributed by atoms with Crippen LogP contribution in [-0.2, 0) is 0 Å². The van der Waals surface area contributed by atoms with Gasteiger partial charge in [0.05, 0.1) is 28.5 Å². The maximum atomic E-state index is 12.7. The molecule has 2 N–H and O–H groups in total. The molecular formula is C20H11N3O3. The highest BCUT2D eigenvalue weighted by molar-refractivity contribution is 5.86. The predicted octanol–water partition coefficient (Wildman–Crippen LogP) is 2.88. The molecule has 1 aliphatic heterocycles. The highest BCUT2D eigenvalue weighted by Gasteiger charge is 2.35. The largest absolute Gasteiger partial charge is 0.439 e. The standard InChI is InChI=1S/C20H11N3O3/c21-9-11-5-7-12(8-6-11)16-14(10-22)19(23)26-18-13-3-1-2-4-15(13)25-20(24)17(16)18/h1-8,16H,23H2. The van der Waals surface area contributed by atoms with Gasteiger partial charge in [-0.2, -0.15) is 10.5 Å². The molecule has 0 fully saturated rings. The predicted molar refractivity (Wildman–Crippen MR) is 92.9 cm³/mol. The van der Waals surface area contributed by atoms with Crippen molar-refractivity contribution >= 4 is 11.0 Å². The van der Waals surface area contributed by atoms with Crippen LogP contribution in [0.4, 0.5) is 0 Å². The third-order valence-corrected chi connectivity index (χ3v) is 4.35. The summed E-state index contributed by atoms with van der Waals surface area (Å²) in [6, 6.07) is 17.7. The number of hydrogen-bond donors (Lipinski definition) is 1. The zero-order valence-electron chi connectivity index (χ0n) is 13.4. The summed E-state index contributed by atoms with van der Waals surface area (Å²) in [4.78, 5) is 12.7. The first-order valence-corrected chi connectivity index (χ1v) is 7.77. The summed E-state index contributed by atoms with van der Waals surface area (Å²) >= 11 is 0. The fraction of sp³-hybridized carbons (Fsp3) is 0.0500. The lowest BCUT2D eigenvalue weighted by Crippen LogP contribution is -2.26. The molecule has 1 unspecified atom stereocenters. The van der Waals surface area contributed by atoms with E-state index in [0.717, 1.165) is 0 Å². The maximum absolute atomic E-state index is 12.7. The third-order valence-electron chi connectivity index (χ3n) is 4.35. The second-order valence-corrected chi connectivity index (χ2v) is 5.79. The van der Waals surface area contributed by atoms with Crippen LogP contribution in [-0.4, -0.2) is 0 Å². The Kier molecular flexibility index (Phi) is 3.46. The Hall–Kier alpha value is -4.03. The van der Waals surface area contributed by atoms with Gasteiger partial charge < -0.3 is 14.9 Å². The Morgan fingerprint density at radius 1 is 1.00 bits per heavy atom. The van der Waals surface area contributed by atoms with E-state index >= 15 is 0 Å². The summed E-state index contributed by atoms with van der Waals surface area (Å²) in [5.74, 6) is -0.481. The fourth-order valence-corrected chi connectivity index (χ4v) is 3.15. The number of benzene rings is 2. The van der Waals surface area contributed by atoms with E-state index in [0.29, 0.717) is 27.8 Å². The molecule has 1 aliphatic rings. The van der Waals surface area contributed by atoms with Gasteiger partial charge in [0.25, 0.3) is 0 Å². The van der Waals surface area contributed by atoms with Crippen molar-refractivity contribution in [2.24, 2.45) is 5.73 Å². The lowest BCUT2D eigenvalue weighted by Gasteiger charge is -2.25. The van der Waals surface area contributed by atoms with Gasteiger partial charge in [-0.05, 0) is 29.8 Å². The molecule has 6 heteroatoms. The minimum atomic E-state index is -0.725. The second kappa shape index (κ2) is 5.80. The first-order chi connectivity index (χ1) is 12.6. The van der Waals surface area contributed by atoms with Gasteiger partial charge in [0.2, 0.25) is 5.88 Å². The summed E-state index contributed by atoms with van der Waals surface area (Å²) in [6.07, 6.45) is 0. The van der Waals surface area contributed by atoms with E-state index in [1.54, 1.807) is 48.5 Å². The molecule has 26 heavy (non-hydrogen) atoms. The maximum Gasteiger partial charge on any atom is 0.344 e. The normalized spacial score (nSPS) is 15.7. The number of nitrogens with zero attached hydrogens (tertiary/aromatic N) is 2. The number of nitrogens with two attached hydrogens (primary N) is 1. The van der Waals surface area contributed by atoms with Crippen LogP contribution in [0.1, 0.15) is 22.6 Å². The van der Waals surface area contributed by atoms with Gasteiger partial charge >= 0.3 is 5.63 Å². The number of rotatable bonds is 1. The topological polar surface area (TPSA) is 113 Å². The quantitative estimate of drug-likeness (QED) is 0.681. The first-order valence-electron chi connectivity index (χ1n) is 7.77. The highest BCUT2D eigenvalue weighted by Crippen LogP contribution is 2.43. The number of allylic oxidation sites excluding steroid dienone is 1. The van der Waals surface area contributed by atoms with E-state index in [9.17, 15) is 10.1 Å². The van der Waals surface area contributed by atoms with Gasteiger partial charge in [-0.25, -0.2) is 4.79 Å². The van der Waals surface area contributed by atoms with Gasteiger partial charge in [-0.1, -0.05) is 24.3 Å². The van der Waals surface area contributed by atoms with E-state index in [4.69, 9.17) is 20.1 Å². The monoisotopic (exact) mass is 341 g/mol. The minimum absolute atomic E-state index is 0.0508. The Morgan fingerprint density at radius 2 is 1.73 bits per heavy atom. The molecule has 0 amide bonds. The van der Waals surface area contributed by atoms with Crippen LogP contribution >= 0.6 is 0 Å². The summed E-state index contributed by atoms with van der Waals surface area (Å²) in [5.41, 5.74) is 7.24.